The molecule has 0 radical (unpaired) electrons. The van der Waals surface area contributed by atoms with E-state index in [-0.39, 0.29) is 17.5 Å². The summed E-state index contributed by atoms with van der Waals surface area (Å²) in [5, 5.41) is 20.0. The summed E-state index contributed by atoms with van der Waals surface area (Å²) < 4.78 is 0. The van der Waals surface area contributed by atoms with Gasteiger partial charge in [-0.1, -0.05) is 18.9 Å². The molecule has 1 fully saturated rings. The quantitative estimate of drug-likeness (QED) is 0.792. The molecule has 0 bridgehead atoms. The van der Waals surface area contributed by atoms with E-state index >= 15 is 0 Å². The molecule has 4 heteroatoms. The van der Waals surface area contributed by atoms with Crippen molar-refractivity contribution in [3.63, 3.8) is 0 Å². The molecule has 20 heavy (non-hydrogen) atoms. The van der Waals surface area contributed by atoms with Crippen molar-refractivity contribution in [2.75, 3.05) is 13.6 Å². The highest BCUT2D eigenvalue weighted by molar-refractivity contribution is 5.45. The van der Waals surface area contributed by atoms with Gasteiger partial charge in [-0.3, -0.25) is 4.90 Å². The molecule has 0 heterocycles. The summed E-state index contributed by atoms with van der Waals surface area (Å²) in [4.78, 5) is 2.26. The summed E-state index contributed by atoms with van der Waals surface area (Å²) in [6, 6.07) is 5.29. The van der Waals surface area contributed by atoms with Gasteiger partial charge < -0.3 is 15.9 Å². The van der Waals surface area contributed by atoms with Crippen LogP contribution in [-0.2, 0) is 0 Å². The maximum atomic E-state index is 10.0. The smallest absolute Gasteiger partial charge is 0.124 e. The van der Waals surface area contributed by atoms with Crippen LogP contribution in [-0.4, -0.2) is 34.7 Å². The van der Waals surface area contributed by atoms with E-state index in [4.69, 9.17) is 5.73 Å². The van der Waals surface area contributed by atoms with Gasteiger partial charge in [0.05, 0.1) is 5.56 Å². The molecule has 1 aromatic carbocycles. The lowest BCUT2D eigenvalue weighted by molar-refractivity contribution is 0.0967. The highest BCUT2D eigenvalue weighted by Crippen LogP contribution is 2.38. The van der Waals surface area contributed by atoms with Gasteiger partial charge in [-0.05, 0) is 51.4 Å². The molecule has 0 spiro atoms. The van der Waals surface area contributed by atoms with Crippen LogP contribution >= 0.6 is 0 Å². The van der Waals surface area contributed by atoms with Gasteiger partial charge in [0.1, 0.15) is 11.5 Å². The van der Waals surface area contributed by atoms with Gasteiger partial charge in [0.25, 0.3) is 0 Å². The van der Waals surface area contributed by atoms with Crippen molar-refractivity contribution in [1.82, 2.24) is 4.90 Å². The van der Waals surface area contributed by atoms with Crippen molar-refractivity contribution in [3.05, 3.63) is 23.8 Å². The van der Waals surface area contributed by atoms with Gasteiger partial charge in [0, 0.05) is 12.1 Å². The van der Waals surface area contributed by atoms with Crippen LogP contribution in [0, 0.1) is 5.92 Å². The molecule has 0 aliphatic heterocycles. The number of benzene rings is 1. The van der Waals surface area contributed by atoms with Crippen LogP contribution in [0.25, 0.3) is 0 Å². The van der Waals surface area contributed by atoms with E-state index in [1.54, 1.807) is 18.2 Å². The Balaban J connectivity index is 2.21. The zero-order chi connectivity index (χ0) is 14.7. The highest BCUT2D eigenvalue weighted by Gasteiger charge is 2.31. The van der Waals surface area contributed by atoms with E-state index in [9.17, 15) is 10.2 Å². The van der Waals surface area contributed by atoms with Gasteiger partial charge in [-0.15, -0.1) is 0 Å². The van der Waals surface area contributed by atoms with Crippen molar-refractivity contribution in [3.8, 4) is 11.5 Å². The van der Waals surface area contributed by atoms with E-state index < -0.39 is 0 Å². The first-order chi connectivity index (χ1) is 9.56. The maximum Gasteiger partial charge on any atom is 0.124 e. The molecular formula is C16H26N2O2. The van der Waals surface area contributed by atoms with Crippen molar-refractivity contribution >= 4 is 0 Å². The molecule has 4 N–H and O–H groups in total. The fraction of sp³-hybridized carbons (Fsp3) is 0.625. The number of aromatic hydroxyl groups is 2. The van der Waals surface area contributed by atoms with Crippen LogP contribution in [0.5, 0.6) is 11.5 Å². The van der Waals surface area contributed by atoms with Gasteiger partial charge in [-0.2, -0.15) is 0 Å². The topological polar surface area (TPSA) is 69.7 Å². The first-order valence-electron chi connectivity index (χ1n) is 7.49. The Morgan fingerprint density at radius 3 is 2.45 bits per heavy atom. The van der Waals surface area contributed by atoms with E-state index in [0.29, 0.717) is 24.1 Å². The van der Waals surface area contributed by atoms with E-state index in [0.717, 1.165) is 6.42 Å². The van der Waals surface area contributed by atoms with E-state index in [1.807, 2.05) is 6.92 Å². The summed E-state index contributed by atoms with van der Waals surface area (Å²) in [5.74, 6) is 0.818. The van der Waals surface area contributed by atoms with Crippen LogP contribution < -0.4 is 5.73 Å². The molecule has 0 aromatic heterocycles. The summed E-state index contributed by atoms with van der Waals surface area (Å²) >= 11 is 0. The standard InChI is InChI=1S/C16H26N2O2/c1-11(16-14(19)8-5-9-15(16)20)18(2)13-7-4-3-6-12(13)10-17/h5,8-9,11-13,19-20H,3-4,6-7,10,17H2,1-2H3. The minimum Gasteiger partial charge on any atom is -0.507 e. The zero-order valence-electron chi connectivity index (χ0n) is 12.4. The third-order valence-electron chi connectivity index (χ3n) is 4.78. The van der Waals surface area contributed by atoms with Crippen LogP contribution in [0.1, 0.15) is 44.2 Å². The first kappa shape index (κ1) is 15.1. The molecule has 0 amide bonds. The summed E-state index contributed by atoms with van der Waals surface area (Å²) in [6.45, 7) is 2.73. The lowest BCUT2D eigenvalue weighted by Crippen LogP contribution is -2.44. The first-order valence-corrected chi connectivity index (χ1v) is 7.49. The molecule has 1 aromatic rings. The molecule has 112 valence electrons. The second-order valence-corrected chi connectivity index (χ2v) is 5.90. The van der Waals surface area contributed by atoms with Gasteiger partial charge in [-0.25, -0.2) is 0 Å². The molecule has 1 saturated carbocycles. The number of hydrogen-bond donors (Lipinski definition) is 3. The summed E-state index contributed by atoms with van der Waals surface area (Å²) in [5.41, 5.74) is 6.51. The lowest BCUT2D eigenvalue weighted by Gasteiger charge is -2.41. The SMILES string of the molecule is CC(c1c(O)cccc1O)N(C)C1CCCCC1CN. The molecule has 0 saturated heterocycles. The van der Waals surface area contributed by atoms with Crippen molar-refractivity contribution in [2.45, 2.75) is 44.7 Å². The average molecular weight is 278 g/mol. The predicted octanol–water partition coefficient (Wildman–Crippen LogP) is 2.61. The van der Waals surface area contributed by atoms with Crippen LogP contribution in [0.3, 0.4) is 0 Å². The number of hydrogen-bond acceptors (Lipinski definition) is 4. The van der Waals surface area contributed by atoms with Crippen molar-refractivity contribution < 1.29 is 10.2 Å². The molecule has 1 aliphatic carbocycles. The minimum absolute atomic E-state index is 0.0339. The third kappa shape index (κ3) is 2.91. The molecule has 1 aliphatic rings. The van der Waals surface area contributed by atoms with Gasteiger partial charge in [0.15, 0.2) is 0 Å². The van der Waals surface area contributed by atoms with Crippen LogP contribution in [0.15, 0.2) is 18.2 Å². The Kier molecular flexibility index (Phi) is 4.89. The second kappa shape index (κ2) is 6.46. The molecule has 4 nitrogen and oxygen atoms in total. The lowest BCUT2D eigenvalue weighted by atomic mass is 9.83. The monoisotopic (exact) mass is 278 g/mol. The Bertz CT molecular complexity index is 430. The maximum absolute atomic E-state index is 10.0. The fourth-order valence-corrected chi connectivity index (χ4v) is 3.46. The number of phenolic OH excluding ortho intramolecular Hbond substituents is 2. The number of phenols is 2. The zero-order valence-corrected chi connectivity index (χ0v) is 12.4. The molecule has 2 rings (SSSR count). The summed E-state index contributed by atoms with van der Waals surface area (Å²) in [7, 11) is 2.06. The van der Waals surface area contributed by atoms with Crippen molar-refractivity contribution in [2.24, 2.45) is 11.7 Å². The fourth-order valence-electron chi connectivity index (χ4n) is 3.46. The van der Waals surface area contributed by atoms with Crippen LogP contribution in [0.4, 0.5) is 0 Å². The second-order valence-electron chi connectivity index (χ2n) is 5.90. The molecule has 3 unspecified atom stereocenters. The predicted molar refractivity (Wildman–Crippen MR) is 80.8 cm³/mol. The molecular weight excluding hydrogens is 252 g/mol. The number of nitrogens with two attached hydrogens (primary N) is 1. The normalized spacial score (nSPS) is 24.8. The Morgan fingerprint density at radius 2 is 1.85 bits per heavy atom. The third-order valence-corrected chi connectivity index (χ3v) is 4.78. The van der Waals surface area contributed by atoms with Crippen molar-refractivity contribution in [1.29, 1.82) is 0 Å². The minimum atomic E-state index is -0.0339. The molecule has 3 atom stereocenters. The Labute approximate surface area is 121 Å². The van der Waals surface area contributed by atoms with Gasteiger partial charge >= 0.3 is 0 Å². The largest absolute Gasteiger partial charge is 0.507 e. The highest BCUT2D eigenvalue weighted by atomic mass is 16.3. The van der Waals surface area contributed by atoms with E-state index in [2.05, 4.69) is 11.9 Å². The number of rotatable bonds is 4. The van der Waals surface area contributed by atoms with Gasteiger partial charge in [0.2, 0.25) is 0 Å². The Hall–Kier alpha value is -1.26. The summed E-state index contributed by atoms with van der Waals surface area (Å²) in [6.07, 6.45) is 4.79. The average Bonchev–Trinajstić information content (AvgIpc) is 2.46. The number of nitrogens with zero attached hydrogens (tertiary/aromatic N) is 1. The Morgan fingerprint density at radius 1 is 1.25 bits per heavy atom. The van der Waals surface area contributed by atoms with Crippen LogP contribution in [0.2, 0.25) is 0 Å². The van der Waals surface area contributed by atoms with E-state index in [1.165, 1.54) is 19.3 Å².